The number of rotatable bonds is 4. The Bertz CT molecular complexity index is 684. The van der Waals surface area contributed by atoms with Gasteiger partial charge in [0.1, 0.15) is 5.01 Å². The second-order valence-electron chi connectivity index (χ2n) is 7.49. The number of nitrogens with one attached hydrogen (secondary N) is 1. The first-order chi connectivity index (χ1) is 11.0. The van der Waals surface area contributed by atoms with Crippen LogP contribution in [0, 0.1) is 5.92 Å². The highest BCUT2D eigenvalue weighted by atomic mass is 32.2. The number of piperidine rings is 1. The summed E-state index contributed by atoms with van der Waals surface area (Å²) in [4.78, 5) is 17.1. The number of hydrogen-bond acceptors (Lipinski definition) is 5. The predicted octanol–water partition coefficient (Wildman–Crippen LogP) is 2.29. The topological polar surface area (TPSA) is 79.4 Å². The van der Waals surface area contributed by atoms with Crippen molar-refractivity contribution in [2.24, 2.45) is 5.92 Å². The largest absolute Gasteiger partial charge is 0.347 e. The lowest BCUT2D eigenvalue weighted by atomic mass is 9.93. The molecule has 0 aromatic carbocycles. The fourth-order valence-corrected chi connectivity index (χ4v) is 4.60. The Morgan fingerprint density at radius 2 is 1.96 bits per heavy atom. The molecule has 1 N–H and O–H groups in total. The molecule has 1 aromatic rings. The number of carbonyl (C=O) groups excluding carboxylic acids is 1. The number of hydrogen-bond donors (Lipinski definition) is 1. The van der Waals surface area contributed by atoms with E-state index in [-0.39, 0.29) is 23.3 Å². The van der Waals surface area contributed by atoms with Crippen molar-refractivity contribution in [3.05, 3.63) is 16.1 Å². The Morgan fingerprint density at radius 1 is 1.38 bits per heavy atom. The molecule has 1 aliphatic rings. The lowest BCUT2D eigenvalue weighted by molar-refractivity contribution is -0.126. The molecule has 1 saturated heterocycles. The maximum atomic E-state index is 12.4. The molecule has 0 radical (unpaired) electrons. The third-order valence-electron chi connectivity index (χ3n) is 4.31. The highest BCUT2D eigenvalue weighted by Gasteiger charge is 2.30. The van der Waals surface area contributed by atoms with Crippen LogP contribution in [0.1, 0.15) is 57.3 Å². The second-order valence-corrected chi connectivity index (χ2v) is 10.4. The van der Waals surface area contributed by atoms with E-state index in [9.17, 15) is 13.2 Å². The summed E-state index contributed by atoms with van der Waals surface area (Å²) in [6.45, 7) is 9.11. The predicted molar refractivity (Wildman–Crippen MR) is 96.5 cm³/mol. The van der Waals surface area contributed by atoms with Gasteiger partial charge in [-0.1, -0.05) is 20.8 Å². The molecule has 0 aliphatic carbocycles. The first kappa shape index (κ1) is 19.3. The number of carbonyl (C=O) groups is 1. The van der Waals surface area contributed by atoms with Gasteiger partial charge in [0.25, 0.3) is 0 Å². The molecule has 0 spiro atoms. The molecule has 1 aliphatic heterocycles. The molecule has 1 aromatic heterocycles. The summed E-state index contributed by atoms with van der Waals surface area (Å²) >= 11 is 1.56. The van der Waals surface area contributed by atoms with E-state index in [0.29, 0.717) is 25.9 Å². The average molecular weight is 374 g/mol. The Morgan fingerprint density at radius 3 is 2.42 bits per heavy atom. The van der Waals surface area contributed by atoms with Gasteiger partial charge in [-0.25, -0.2) is 17.7 Å². The zero-order valence-electron chi connectivity index (χ0n) is 15.0. The van der Waals surface area contributed by atoms with Crippen LogP contribution in [0.3, 0.4) is 0 Å². The van der Waals surface area contributed by atoms with Crippen LogP contribution >= 0.6 is 11.3 Å². The van der Waals surface area contributed by atoms with E-state index in [4.69, 9.17) is 0 Å². The van der Waals surface area contributed by atoms with Gasteiger partial charge >= 0.3 is 0 Å². The summed E-state index contributed by atoms with van der Waals surface area (Å²) in [6.07, 6.45) is 2.35. The highest BCUT2D eigenvalue weighted by molar-refractivity contribution is 7.88. The van der Waals surface area contributed by atoms with Gasteiger partial charge < -0.3 is 5.32 Å². The van der Waals surface area contributed by atoms with Gasteiger partial charge in [0.2, 0.25) is 15.9 Å². The van der Waals surface area contributed by atoms with Gasteiger partial charge in [-0.2, -0.15) is 0 Å². The molecule has 2 heterocycles. The first-order valence-corrected chi connectivity index (χ1v) is 10.9. The van der Waals surface area contributed by atoms with Gasteiger partial charge in [0.15, 0.2) is 0 Å². The van der Waals surface area contributed by atoms with Crippen LogP contribution in [0.15, 0.2) is 5.38 Å². The quantitative estimate of drug-likeness (QED) is 0.878. The summed E-state index contributed by atoms with van der Waals surface area (Å²) in [7, 11) is -3.16. The van der Waals surface area contributed by atoms with E-state index in [1.165, 1.54) is 10.6 Å². The van der Waals surface area contributed by atoms with Gasteiger partial charge in [0, 0.05) is 29.8 Å². The smallest absolute Gasteiger partial charge is 0.223 e. The molecule has 2 rings (SSSR count). The van der Waals surface area contributed by atoms with Crippen LogP contribution in [-0.4, -0.2) is 43.0 Å². The van der Waals surface area contributed by atoms with Crippen molar-refractivity contribution in [1.29, 1.82) is 0 Å². The van der Waals surface area contributed by atoms with Gasteiger partial charge in [-0.3, -0.25) is 4.79 Å². The molecule has 1 atom stereocenters. The van der Waals surface area contributed by atoms with Crippen LogP contribution in [0.5, 0.6) is 0 Å². The molecule has 24 heavy (non-hydrogen) atoms. The van der Waals surface area contributed by atoms with Crippen LogP contribution in [0.2, 0.25) is 0 Å². The molecule has 0 saturated carbocycles. The van der Waals surface area contributed by atoms with E-state index in [1.54, 1.807) is 11.3 Å². The number of nitrogens with zero attached hydrogens (tertiary/aromatic N) is 2. The minimum atomic E-state index is -3.16. The molecule has 1 unspecified atom stereocenters. The third kappa shape index (κ3) is 4.77. The van der Waals surface area contributed by atoms with Crippen molar-refractivity contribution >= 4 is 27.3 Å². The Balaban J connectivity index is 1.92. The molecular weight excluding hydrogens is 346 g/mol. The third-order valence-corrected chi connectivity index (χ3v) is 6.64. The summed E-state index contributed by atoms with van der Waals surface area (Å²) < 4.78 is 24.5. The fraction of sp³-hybridized carbons (Fsp3) is 0.750. The number of amides is 1. The minimum absolute atomic E-state index is 0.00302. The molecule has 8 heteroatoms. The van der Waals surface area contributed by atoms with Crippen molar-refractivity contribution in [2.75, 3.05) is 19.3 Å². The number of sulfonamides is 1. The summed E-state index contributed by atoms with van der Waals surface area (Å²) in [5.74, 6) is -0.143. The molecule has 136 valence electrons. The van der Waals surface area contributed by atoms with E-state index < -0.39 is 10.0 Å². The van der Waals surface area contributed by atoms with Crippen LogP contribution in [0.4, 0.5) is 0 Å². The Hall–Kier alpha value is -0.990. The molecule has 6 nitrogen and oxygen atoms in total. The van der Waals surface area contributed by atoms with E-state index in [1.807, 2.05) is 12.3 Å². The highest BCUT2D eigenvalue weighted by Crippen LogP contribution is 2.27. The monoisotopic (exact) mass is 373 g/mol. The van der Waals surface area contributed by atoms with Crippen molar-refractivity contribution in [2.45, 2.75) is 52.0 Å². The summed E-state index contributed by atoms with van der Waals surface area (Å²) in [5, 5.41) is 5.97. The number of thiazole rings is 1. The van der Waals surface area contributed by atoms with Gasteiger partial charge in [-0.05, 0) is 19.8 Å². The van der Waals surface area contributed by atoms with Crippen molar-refractivity contribution in [3.63, 3.8) is 0 Å². The maximum Gasteiger partial charge on any atom is 0.223 e. The summed E-state index contributed by atoms with van der Waals surface area (Å²) in [6, 6.07) is -0.133. The fourth-order valence-electron chi connectivity index (χ4n) is 2.67. The van der Waals surface area contributed by atoms with E-state index >= 15 is 0 Å². The Kier molecular flexibility index (Phi) is 5.71. The van der Waals surface area contributed by atoms with Crippen molar-refractivity contribution in [1.82, 2.24) is 14.6 Å². The molecular formula is C16H27N3O3S2. The zero-order valence-corrected chi connectivity index (χ0v) is 16.6. The average Bonchev–Trinajstić information content (AvgIpc) is 2.96. The minimum Gasteiger partial charge on any atom is -0.347 e. The lowest BCUT2D eigenvalue weighted by Gasteiger charge is -2.30. The van der Waals surface area contributed by atoms with Crippen molar-refractivity contribution in [3.8, 4) is 0 Å². The first-order valence-electron chi connectivity index (χ1n) is 8.20. The van der Waals surface area contributed by atoms with E-state index in [2.05, 4.69) is 31.1 Å². The van der Waals surface area contributed by atoms with Crippen LogP contribution < -0.4 is 5.32 Å². The van der Waals surface area contributed by atoms with Crippen LogP contribution in [0.25, 0.3) is 0 Å². The summed E-state index contributed by atoms with van der Waals surface area (Å²) in [5.41, 5.74) is 1.03. The number of aromatic nitrogens is 1. The molecule has 1 amide bonds. The standard InChI is InChI=1S/C16H27N3O3S2/c1-11(15-18-13(10-23-15)16(2,3)4)17-14(20)12-6-8-19(9-7-12)24(5,21)22/h10-12H,6-9H2,1-5H3,(H,17,20). The van der Waals surface area contributed by atoms with E-state index in [0.717, 1.165) is 10.7 Å². The van der Waals surface area contributed by atoms with Crippen molar-refractivity contribution < 1.29 is 13.2 Å². The van der Waals surface area contributed by atoms with Crippen LogP contribution in [-0.2, 0) is 20.2 Å². The Labute approximate surface area is 148 Å². The maximum absolute atomic E-state index is 12.4. The second kappa shape index (κ2) is 7.09. The van der Waals surface area contributed by atoms with Gasteiger partial charge in [0.05, 0.1) is 18.0 Å². The van der Waals surface area contributed by atoms with Gasteiger partial charge in [-0.15, -0.1) is 11.3 Å². The zero-order chi connectivity index (χ0) is 18.1. The molecule has 1 fully saturated rings. The lowest BCUT2D eigenvalue weighted by Crippen LogP contribution is -2.43. The SMILES string of the molecule is CC(NC(=O)C1CCN(S(C)(=O)=O)CC1)c1nc(C(C)(C)C)cs1. The normalized spacial score (nSPS) is 19.2. The molecule has 0 bridgehead atoms.